The molecule has 0 saturated carbocycles. The summed E-state index contributed by atoms with van der Waals surface area (Å²) >= 11 is 5.90. The summed E-state index contributed by atoms with van der Waals surface area (Å²) in [7, 11) is -1.49. The Morgan fingerprint density at radius 1 is 1.29 bits per heavy atom. The molecule has 146 valence electrons. The van der Waals surface area contributed by atoms with Crippen LogP contribution in [-0.4, -0.2) is 30.5 Å². The fourth-order valence-corrected chi connectivity index (χ4v) is 3.90. The highest BCUT2D eigenvalue weighted by molar-refractivity contribution is 8.02. The highest BCUT2D eigenvalue weighted by atomic mass is 35.5. The summed E-state index contributed by atoms with van der Waals surface area (Å²) in [5.74, 6) is -0.507. The van der Waals surface area contributed by atoms with Crippen LogP contribution in [0.5, 0.6) is 0 Å². The number of imidazole rings is 1. The van der Waals surface area contributed by atoms with Gasteiger partial charge in [0.05, 0.1) is 6.54 Å². The Morgan fingerprint density at radius 3 is 2.57 bits per heavy atom. The lowest BCUT2D eigenvalue weighted by molar-refractivity contribution is -0.116. The highest BCUT2D eigenvalue weighted by Gasteiger charge is 2.20. The molecule has 1 unspecified atom stereocenters. The molecule has 0 radical (unpaired) electrons. The lowest BCUT2D eigenvalue weighted by atomic mass is 10.2. The number of rotatable bonds is 4. The summed E-state index contributed by atoms with van der Waals surface area (Å²) < 4.78 is 5.22. The second-order valence-corrected chi connectivity index (χ2v) is 7.86. The number of nitrogens with one attached hydrogen (secondary N) is 1. The molecule has 11 heteroatoms. The first kappa shape index (κ1) is 19.9. The minimum Gasteiger partial charge on any atom is -0.382 e. The van der Waals surface area contributed by atoms with E-state index >= 15 is 0 Å². The molecule has 3 N–H and O–H groups in total. The van der Waals surface area contributed by atoms with Gasteiger partial charge in [-0.3, -0.25) is 14.2 Å². The molecule has 3 aromatic rings. The van der Waals surface area contributed by atoms with Crippen LogP contribution in [0.4, 0.5) is 5.82 Å². The maximum atomic E-state index is 12.4. The lowest BCUT2D eigenvalue weighted by Crippen LogP contribution is -2.18. The van der Waals surface area contributed by atoms with E-state index in [1.807, 2.05) is 0 Å². The number of aromatic nitrogens is 4. The summed E-state index contributed by atoms with van der Waals surface area (Å²) in [6, 6.07) is 7.01. The van der Waals surface area contributed by atoms with Crippen LogP contribution in [0.2, 0.25) is 5.02 Å². The number of carbonyl (C=O) groups is 2. The number of amides is 1. The Kier molecular flexibility index (Phi) is 5.71. The van der Waals surface area contributed by atoms with Crippen molar-refractivity contribution in [1.29, 1.82) is 0 Å². The van der Waals surface area contributed by atoms with E-state index in [0.717, 1.165) is 5.56 Å². The van der Waals surface area contributed by atoms with Crippen molar-refractivity contribution in [3.8, 4) is 0 Å². The van der Waals surface area contributed by atoms with Crippen molar-refractivity contribution in [3.63, 3.8) is 0 Å². The van der Waals surface area contributed by atoms with E-state index in [1.165, 1.54) is 11.5 Å². The smallest absolute Gasteiger partial charge is 0.328 e. The van der Waals surface area contributed by atoms with Gasteiger partial charge < -0.3 is 10.7 Å². The predicted molar refractivity (Wildman–Crippen MR) is 107 cm³/mol. The molecule has 1 amide bonds. The number of aromatic amines is 1. The van der Waals surface area contributed by atoms with Gasteiger partial charge >= 0.3 is 5.69 Å². The number of anilines is 1. The van der Waals surface area contributed by atoms with E-state index in [0.29, 0.717) is 5.02 Å². The fourth-order valence-electron chi connectivity index (χ4n) is 2.50. The number of hydrogen-bond acceptors (Lipinski definition) is 6. The van der Waals surface area contributed by atoms with E-state index in [9.17, 15) is 14.4 Å². The quantitative estimate of drug-likeness (QED) is 0.620. The average molecular weight is 421 g/mol. The lowest BCUT2D eigenvalue weighted by Gasteiger charge is -2.07. The molecule has 1 aromatic carbocycles. The predicted octanol–water partition coefficient (Wildman–Crippen LogP) is 2.05. The molecular weight excluding hydrogens is 404 g/mol. The maximum absolute atomic E-state index is 12.4. The topological polar surface area (TPSA) is 136 Å². The molecular formula is C17H17ClN6O3S. The Balaban J connectivity index is 2.18. The largest absolute Gasteiger partial charge is 0.382 e. The third kappa shape index (κ3) is 4.02. The van der Waals surface area contributed by atoms with Gasteiger partial charge in [0.25, 0.3) is 0 Å². The molecule has 3 rings (SSSR count). The first-order valence-electron chi connectivity index (χ1n) is 8.30. The van der Waals surface area contributed by atoms with Crippen molar-refractivity contribution in [1.82, 2.24) is 19.5 Å². The molecule has 0 bridgehead atoms. The number of nitrogen functional groups attached to an aromatic ring is 1. The minimum absolute atomic E-state index is 0.00658. The maximum Gasteiger partial charge on any atom is 0.328 e. The zero-order valence-corrected chi connectivity index (χ0v) is 16.7. The standard InChI is InChI=1S/C17H17ClN6O3S/c1-3-12(26)28(23-9(2)25)16-21-14(19)13-15(22-16)24(17(27)20-13)8-10-4-6-11(18)7-5-10/h4-7H,3,8H2,1-2H3,(H,20,27)(H2,19,21,22). The number of halogens is 1. The molecule has 0 aliphatic heterocycles. The first-order chi connectivity index (χ1) is 13.3. The zero-order chi connectivity index (χ0) is 20.4. The highest BCUT2D eigenvalue weighted by Crippen LogP contribution is 2.19. The van der Waals surface area contributed by atoms with E-state index in [4.69, 9.17) is 17.3 Å². The van der Waals surface area contributed by atoms with Crippen LogP contribution >= 0.6 is 11.6 Å². The van der Waals surface area contributed by atoms with Gasteiger partial charge in [0, 0.05) is 29.1 Å². The summed E-state index contributed by atoms with van der Waals surface area (Å²) in [5, 5.41) is 0.295. The van der Waals surface area contributed by atoms with Crippen LogP contribution in [-0.2, 0) is 26.8 Å². The summed E-state index contributed by atoms with van der Waals surface area (Å²) in [5.41, 5.74) is 6.88. The number of nitrogens with two attached hydrogens (primary N) is 1. The van der Waals surface area contributed by atoms with Crippen LogP contribution < -0.4 is 11.4 Å². The van der Waals surface area contributed by atoms with Crippen LogP contribution in [0.1, 0.15) is 25.8 Å². The van der Waals surface area contributed by atoms with E-state index in [-0.39, 0.29) is 40.2 Å². The Hall–Kier alpha value is -2.85. The monoisotopic (exact) mass is 420 g/mol. The van der Waals surface area contributed by atoms with Gasteiger partial charge in [-0.25, -0.2) is 14.8 Å². The van der Waals surface area contributed by atoms with Gasteiger partial charge in [-0.05, 0) is 17.7 Å². The van der Waals surface area contributed by atoms with Gasteiger partial charge in [-0.15, -0.1) is 0 Å². The van der Waals surface area contributed by atoms with Gasteiger partial charge in [-0.1, -0.05) is 30.7 Å². The zero-order valence-electron chi connectivity index (χ0n) is 15.1. The van der Waals surface area contributed by atoms with E-state index in [1.54, 1.807) is 31.2 Å². The number of H-pyrrole nitrogens is 1. The first-order valence-corrected chi connectivity index (χ1v) is 9.86. The second kappa shape index (κ2) is 8.03. The molecule has 0 saturated heterocycles. The third-order valence-electron chi connectivity index (χ3n) is 3.78. The SMILES string of the molecule is CCC(=O)/S(=N/C(C)=O)c1nc(N)c2[nH]c(=O)n(Cc3ccc(Cl)cc3)c2n1. The fraction of sp³-hybridized carbons (Fsp3) is 0.235. The molecule has 0 fully saturated rings. The molecule has 2 aromatic heterocycles. The summed E-state index contributed by atoms with van der Waals surface area (Å²) in [4.78, 5) is 47.2. The van der Waals surface area contributed by atoms with Crippen LogP contribution in [0.3, 0.4) is 0 Å². The molecule has 0 aliphatic rings. The van der Waals surface area contributed by atoms with Crippen molar-refractivity contribution in [2.24, 2.45) is 4.36 Å². The number of benzene rings is 1. The minimum atomic E-state index is -1.49. The van der Waals surface area contributed by atoms with Gasteiger partial charge in [0.2, 0.25) is 16.2 Å². The normalized spacial score (nSPS) is 12.4. The van der Waals surface area contributed by atoms with Crippen LogP contribution in [0.25, 0.3) is 11.2 Å². The van der Waals surface area contributed by atoms with Gasteiger partial charge in [0.15, 0.2) is 11.5 Å². The van der Waals surface area contributed by atoms with E-state index < -0.39 is 22.3 Å². The molecule has 1 atom stereocenters. The average Bonchev–Trinajstić information content (AvgIpc) is 2.97. The van der Waals surface area contributed by atoms with Crippen molar-refractivity contribution in [3.05, 3.63) is 45.3 Å². The van der Waals surface area contributed by atoms with Crippen molar-refractivity contribution in [2.45, 2.75) is 32.0 Å². The summed E-state index contributed by atoms with van der Waals surface area (Å²) in [6.07, 6.45) is 0.159. The Morgan fingerprint density at radius 2 is 1.96 bits per heavy atom. The third-order valence-corrected chi connectivity index (χ3v) is 5.72. The number of carbonyl (C=O) groups excluding carboxylic acids is 2. The summed E-state index contributed by atoms with van der Waals surface area (Å²) in [6.45, 7) is 3.12. The number of nitrogens with zero attached hydrogens (tertiary/aromatic N) is 4. The van der Waals surface area contributed by atoms with E-state index in [2.05, 4.69) is 19.3 Å². The molecule has 2 heterocycles. The van der Waals surface area contributed by atoms with Crippen molar-refractivity contribution in [2.75, 3.05) is 5.73 Å². The van der Waals surface area contributed by atoms with Crippen molar-refractivity contribution < 1.29 is 9.59 Å². The molecule has 0 aliphatic carbocycles. The molecule has 0 spiro atoms. The number of fused-ring (bicyclic) bond motifs is 1. The number of hydrogen-bond donors (Lipinski definition) is 2. The van der Waals surface area contributed by atoms with Crippen LogP contribution in [0, 0.1) is 0 Å². The van der Waals surface area contributed by atoms with Gasteiger partial charge in [-0.2, -0.15) is 4.36 Å². The Bertz CT molecular complexity index is 1170. The molecule has 9 nitrogen and oxygen atoms in total. The van der Waals surface area contributed by atoms with Gasteiger partial charge in [0.1, 0.15) is 5.52 Å². The molecule has 28 heavy (non-hydrogen) atoms. The van der Waals surface area contributed by atoms with Crippen molar-refractivity contribution >= 4 is 50.3 Å². The second-order valence-electron chi connectivity index (χ2n) is 5.85. The van der Waals surface area contributed by atoms with Crippen LogP contribution in [0.15, 0.2) is 38.6 Å². The Labute approximate surface area is 167 Å².